The third-order valence-electron chi connectivity index (χ3n) is 5.37. The molecule has 1 N–H and O–H groups in total. The van der Waals surface area contributed by atoms with Crippen molar-refractivity contribution < 1.29 is 23.9 Å². The maximum absolute atomic E-state index is 12.5. The average molecular weight is 515 g/mol. The van der Waals surface area contributed by atoms with Gasteiger partial charge in [-0.2, -0.15) is 0 Å². The van der Waals surface area contributed by atoms with Crippen LogP contribution in [0.4, 0.5) is 4.79 Å². The van der Waals surface area contributed by atoms with Crippen LogP contribution in [0, 0.1) is 5.92 Å². The largest absolute Gasteiger partial charge is 0.513 e. The van der Waals surface area contributed by atoms with E-state index in [2.05, 4.69) is 21.2 Å². The van der Waals surface area contributed by atoms with Crippen molar-refractivity contribution in [2.45, 2.75) is 19.8 Å². The summed E-state index contributed by atoms with van der Waals surface area (Å²) in [5.41, 5.74) is 1.44. The molecule has 2 amide bonds. The molecule has 2 aromatic carbocycles. The quantitative estimate of drug-likeness (QED) is 0.329. The molecule has 8 heteroatoms. The van der Waals surface area contributed by atoms with Crippen LogP contribution in [0.15, 0.2) is 59.1 Å². The molecule has 1 aliphatic rings. The normalized spacial score (nSPS) is 14.2. The molecule has 0 bridgehead atoms. The second kappa shape index (κ2) is 12.2. The van der Waals surface area contributed by atoms with Crippen LogP contribution in [-0.2, 0) is 9.53 Å². The lowest BCUT2D eigenvalue weighted by Gasteiger charge is -2.31. The van der Waals surface area contributed by atoms with Gasteiger partial charge >= 0.3 is 6.16 Å². The van der Waals surface area contributed by atoms with Gasteiger partial charge in [-0.1, -0.05) is 34.1 Å². The Morgan fingerprint density at radius 2 is 1.79 bits per heavy atom. The number of piperidine rings is 1. The SMILES string of the molecule is CCOC(=O)Oc1ccc(C(=O)NCC2CCN(C(=O)/C=C/c3ccccc3Br)CC2)cc1. The van der Waals surface area contributed by atoms with Gasteiger partial charge < -0.3 is 19.7 Å². The molecule has 3 rings (SSSR count). The summed E-state index contributed by atoms with van der Waals surface area (Å²) in [6.07, 6.45) is 4.32. The summed E-state index contributed by atoms with van der Waals surface area (Å²) in [6, 6.07) is 14.1. The van der Waals surface area contributed by atoms with Gasteiger partial charge in [-0.05, 0) is 67.7 Å². The van der Waals surface area contributed by atoms with Gasteiger partial charge in [0.1, 0.15) is 5.75 Å². The van der Waals surface area contributed by atoms with Crippen molar-refractivity contribution in [2.75, 3.05) is 26.2 Å². The molecule has 2 aromatic rings. The van der Waals surface area contributed by atoms with Crippen molar-refractivity contribution in [3.8, 4) is 5.75 Å². The highest BCUT2D eigenvalue weighted by atomic mass is 79.9. The molecule has 0 aliphatic carbocycles. The monoisotopic (exact) mass is 514 g/mol. The number of likely N-dealkylation sites (tertiary alicyclic amines) is 1. The van der Waals surface area contributed by atoms with Crippen LogP contribution in [0.1, 0.15) is 35.7 Å². The Morgan fingerprint density at radius 1 is 1.09 bits per heavy atom. The minimum absolute atomic E-state index is 0.00151. The lowest BCUT2D eigenvalue weighted by atomic mass is 9.96. The van der Waals surface area contributed by atoms with E-state index in [1.807, 2.05) is 35.2 Å². The molecule has 0 unspecified atom stereocenters. The number of halogens is 1. The van der Waals surface area contributed by atoms with Crippen molar-refractivity contribution in [2.24, 2.45) is 5.92 Å². The van der Waals surface area contributed by atoms with Crippen LogP contribution in [0.2, 0.25) is 0 Å². The highest BCUT2D eigenvalue weighted by Gasteiger charge is 2.22. The summed E-state index contributed by atoms with van der Waals surface area (Å²) in [4.78, 5) is 38.1. The first kappa shape index (κ1) is 24.5. The van der Waals surface area contributed by atoms with E-state index in [1.54, 1.807) is 37.3 Å². The fraction of sp³-hybridized carbons (Fsp3) is 0.320. The van der Waals surface area contributed by atoms with E-state index in [4.69, 9.17) is 9.47 Å². The summed E-state index contributed by atoms with van der Waals surface area (Å²) in [6.45, 7) is 3.81. The number of benzene rings is 2. The third kappa shape index (κ3) is 7.46. The Bertz CT molecular complexity index is 998. The molecule has 7 nitrogen and oxygen atoms in total. The average Bonchev–Trinajstić information content (AvgIpc) is 2.83. The van der Waals surface area contributed by atoms with E-state index < -0.39 is 6.16 Å². The number of hydrogen-bond acceptors (Lipinski definition) is 5. The topological polar surface area (TPSA) is 84.9 Å². The highest BCUT2D eigenvalue weighted by molar-refractivity contribution is 9.10. The van der Waals surface area contributed by atoms with Gasteiger partial charge in [0, 0.05) is 35.7 Å². The van der Waals surface area contributed by atoms with Crippen LogP contribution in [-0.4, -0.2) is 49.1 Å². The highest BCUT2D eigenvalue weighted by Crippen LogP contribution is 2.20. The van der Waals surface area contributed by atoms with Gasteiger partial charge in [0.05, 0.1) is 6.61 Å². The van der Waals surface area contributed by atoms with Crippen molar-refractivity contribution in [3.05, 3.63) is 70.2 Å². The number of nitrogens with zero attached hydrogens (tertiary/aromatic N) is 1. The van der Waals surface area contributed by atoms with Crippen molar-refractivity contribution in [3.63, 3.8) is 0 Å². The first-order valence-electron chi connectivity index (χ1n) is 10.9. The summed E-state index contributed by atoms with van der Waals surface area (Å²) < 4.78 is 10.7. The number of nitrogens with one attached hydrogen (secondary N) is 1. The van der Waals surface area contributed by atoms with Gasteiger partial charge in [0.2, 0.25) is 5.91 Å². The van der Waals surface area contributed by atoms with Gasteiger partial charge in [0.15, 0.2) is 0 Å². The molecule has 1 fully saturated rings. The number of carbonyl (C=O) groups excluding carboxylic acids is 3. The summed E-state index contributed by atoms with van der Waals surface area (Å²) >= 11 is 3.48. The Morgan fingerprint density at radius 3 is 2.45 bits per heavy atom. The van der Waals surface area contributed by atoms with Gasteiger partial charge in [-0.25, -0.2) is 4.79 Å². The minimum atomic E-state index is -0.775. The standard InChI is InChI=1S/C25H27BrN2O5/c1-2-32-25(31)33-21-10-7-20(8-11-21)24(30)27-17-18-13-15-28(16-14-18)23(29)12-9-19-5-3-4-6-22(19)26/h3-12,18H,2,13-17H2,1H3,(H,27,30)/b12-9+. The Labute approximate surface area is 201 Å². The fourth-order valence-electron chi connectivity index (χ4n) is 3.49. The fourth-order valence-corrected chi connectivity index (χ4v) is 3.91. The van der Waals surface area contributed by atoms with Crippen LogP contribution >= 0.6 is 15.9 Å². The van der Waals surface area contributed by atoms with Crippen molar-refractivity contribution in [1.29, 1.82) is 0 Å². The maximum atomic E-state index is 12.5. The molecule has 1 heterocycles. The zero-order chi connectivity index (χ0) is 23.6. The predicted molar refractivity (Wildman–Crippen MR) is 129 cm³/mol. The lowest BCUT2D eigenvalue weighted by Crippen LogP contribution is -2.41. The molecule has 1 saturated heterocycles. The molecule has 0 atom stereocenters. The molecule has 0 spiro atoms. The predicted octanol–water partition coefficient (Wildman–Crippen LogP) is 4.67. The van der Waals surface area contributed by atoms with Crippen LogP contribution in [0.25, 0.3) is 6.08 Å². The molecule has 0 radical (unpaired) electrons. The zero-order valence-corrected chi connectivity index (χ0v) is 20.0. The van der Waals surface area contributed by atoms with E-state index in [0.29, 0.717) is 36.9 Å². The van der Waals surface area contributed by atoms with E-state index >= 15 is 0 Å². The van der Waals surface area contributed by atoms with Crippen molar-refractivity contribution in [1.82, 2.24) is 10.2 Å². The molecule has 33 heavy (non-hydrogen) atoms. The van der Waals surface area contributed by atoms with E-state index in [0.717, 1.165) is 22.9 Å². The Kier molecular flexibility index (Phi) is 9.06. The first-order valence-corrected chi connectivity index (χ1v) is 11.7. The van der Waals surface area contributed by atoms with Gasteiger partial charge in [-0.15, -0.1) is 0 Å². The maximum Gasteiger partial charge on any atom is 0.513 e. The second-order valence-corrected chi connectivity index (χ2v) is 8.50. The minimum Gasteiger partial charge on any atom is -0.434 e. The first-order chi connectivity index (χ1) is 16.0. The Balaban J connectivity index is 1.41. The van der Waals surface area contributed by atoms with E-state index in [9.17, 15) is 14.4 Å². The Hall–Kier alpha value is -3.13. The molecule has 1 aliphatic heterocycles. The van der Waals surface area contributed by atoms with Gasteiger partial charge in [0.25, 0.3) is 5.91 Å². The number of carbonyl (C=O) groups is 3. The van der Waals surface area contributed by atoms with Crippen LogP contribution < -0.4 is 10.1 Å². The van der Waals surface area contributed by atoms with Crippen molar-refractivity contribution >= 4 is 40.0 Å². The molecular formula is C25H27BrN2O5. The summed E-state index contributed by atoms with van der Waals surface area (Å²) in [5, 5.41) is 2.95. The third-order valence-corrected chi connectivity index (χ3v) is 6.09. The number of hydrogen-bond donors (Lipinski definition) is 1. The smallest absolute Gasteiger partial charge is 0.434 e. The number of rotatable bonds is 7. The summed E-state index contributed by atoms with van der Waals surface area (Å²) in [5.74, 6) is 0.443. The van der Waals surface area contributed by atoms with E-state index in [-0.39, 0.29) is 18.4 Å². The molecule has 174 valence electrons. The molecule has 0 aromatic heterocycles. The molecule has 0 saturated carbocycles. The van der Waals surface area contributed by atoms with Crippen LogP contribution in [0.5, 0.6) is 5.75 Å². The number of amides is 2. The van der Waals surface area contributed by atoms with E-state index in [1.165, 1.54) is 0 Å². The lowest BCUT2D eigenvalue weighted by molar-refractivity contribution is -0.127. The zero-order valence-electron chi connectivity index (χ0n) is 18.5. The van der Waals surface area contributed by atoms with Crippen LogP contribution in [0.3, 0.4) is 0 Å². The second-order valence-electron chi connectivity index (χ2n) is 7.64. The number of ether oxygens (including phenoxy) is 2. The van der Waals surface area contributed by atoms with Gasteiger partial charge in [-0.3, -0.25) is 9.59 Å². The summed E-state index contributed by atoms with van der Waals surface area (Å²) in [7, 11) is 0. The molecular weight excluding hydrogens is 488 g/mol.